The maximum Gasteiger partial charge on any atom is 0.0687 e. The first kappa shape index (κ1) is 16.4. The minimum atomic E-state index is -0.247. The maximum absolute atomic E-state index is 9.91. The van der Waals surface area contributed by atoms with E-state index >= 15 is 0 Å². The van der Waals surface area contributed by atoms with E-state index in [1.165, 1.54) is 0 Å². The van der Waals surface area contributed by atoms with Crippen LogP contribution in [0.15, 0.2) is 24.4 Å². The molecule has 1 aliphatic rings. The van der Waals surface area contributed by atoms with E-state index in [0.717, 1.165) is 31.7 Å². The highest BCUT2D eigenvalue weighted by Crippen LogP contribution is 2.18. The third-order valence-electron chi connectivity index (χ3n) is 4.46. The predicted octanol–water partition coefficient (Wildman–Crippen LogP) is 1.90. The molecule has 3 atom stereocenters. The van der Waals surface area contributed by atoms with Crippen LogP contribution in [0.25, 0.3) is 0 Å². The third kappa shape index (κ3) is 5.06. The fourth-order valence-corrected chi connectivity index (χ4v) is 2.91. The molecule has 0 spiro atoms. The van der Waals surface area contributed by atoms with Gasteiger partial charge in [-0.25, -0.2) is 0 Å². The first-order valence-electron chi connectivity index (χ1n) is 8.10. The lowest BCUT2D eigenvalue weighted by Gasteiger charge is -2.37. The highest BCUT2D eigenvalue weighted by Gasteiger charge is 2.26. The molecular weight excluding hydrogens is 262 g/mol. The second kappa shape index (κ2) is 7.87. The second-order valence-electron chi connectivity index (χ2n) is 6.65. The number of piperidine rings is 1. The molecule has 1 fully saturated rings. The SMILES string of the molecule is CC(C)C(O)CNC1CCN(Cc2ccccn2)CC1C. The van der Waals surface area contributed by atoms with Crippen molar-refractivity contribution in [3.8, 4) is 0 Å². The van der Waals surface area contributed by atoms with E-state index in [-0.39, 0.29) is 6.10 Å². The summed E-state index contributed by atoms with van der Waals surface area (Å²) in [7, 11) is 0. The number of aliphatic hydroxyl groups excluding tert-OH is 1. The highest BCUT2D eigenvalue weighted by atomic mass is 16.3. The largest absolute Gasteiger partial charge is 0.392 e. The number of aromatic nitrogens is 1. The van der Waals surface area contributed by atoms with E-state index in [2.05, 4.69) is 42.0 Å². The standard InChI is InChI=1S/C17H29N3O/c1-13(2)17(21)10-19-16-7-9-20(11-14(16)3)12-15-6-4-5-8-18-15/h4-6,8,13-14,16-17,19,21H,7,9-12H2,1-3H3. The number of nitrogens with one attached hydrogen (secondary N) is 1. The van der Waals surface area contributed by atoms with Crippen LogP contribution in [-0.2, 0) is 6.54 Å². The molecule has 118 valence electrons. The van der Waals surface area contributed by atoms with E-state index in [1.807, 2.05) is 18.3 Å². The molecule has 21 heavy (non-hydrogen) atoms. The summed E-state index contributed by atoms with van der Waals surface area (Å²) >= 11 is 0. The van der Waals surface area contributed by atoms with Crippen molar-refractivity contribution in [1.29, 1.82) is 0 Å². The zero-order chi connectivity index (χ0) is 15.2. The van der Waals surface area contributed by atoms with Gasteiger partial charge in [0.15, 0.2) is 0 Å². The first-order valence-corrected chi connectivity index (χ1v) is 8.10. The number of hydrogen-bond acceptors (Lipinski definition) is 4. The number of likely N-dealkylation sites (tertiary alicyclic amines) is 1. The van der Waals surface area contributed by atoms with Crippen molar-refractivity contribution >= 4 is 0 Å². The van der Waals surface area contributed by atoms with E-state index < -0.39 is 0 Å². The van der Waals surface area contributed by atoms with E-state index in [4.69, 9.17) is 0 Å². The summed E-state index contributed by atoms with van der Waals surface area (Å²) in [6, 6.07) is 6.61. The summed E-state index contributed by atoms with van der Waals surface area (Å²) < 4.78 is 0. The summed E-state index contributed by atoms with van der Waals surface area (Å²) in [5.41, 5.74) is 1.14. The first-order chi connectivity index (χ1) is 10.1. The van der Waals surface area contributed by atoms with Crippen LogP contribution in [0.3, 0.4) is 0 Å². The molecule has 2 heterocycles. The number of aliphatic hydroxyl groups is 1. The zero-order valence-corrected chi connectivity index (χ0v) is 13.5. The average molecular weight is 291 g/mol. The van der Waals surface area contributed by atoms with Crippen LogP contribution in [0.4, 0.5) is 0 Å². The van der Waals surface area contributed by atoms with Gasteiger partial charge in [-0.1, -0.05) is 26.8 Å². The maximum atomic E-state index is 9.91. The Morgan fingerprint density at radius 1 is 1.43 bits per heavy atom. The van der Waals surface area contributed by atoms with Crippen LogP contribution in [0.5, 0.6) is 0 Å². The molecule has 0 bridgehead atoms. The lowest BCUT2D eigenvalue weighted by molar-refractivity contribution is 0.0975. The topological polar surface area (TPSA) is 48.4 Å². The molecule has 0 radical (unpaired) electrons. The fourth-order valence-electron chi connectivity index (χ4n) is 2.91. The number of hydrogen-bond donors (Lipinski definition) is 2. The molecule has 0 aromatic carbocycles. The highest BCUT2D eigenvalue weighted by molar-refractivity contribution is 5.03. The van der Waals surface area contributed by atoms with Gasteiger partial charge >= 0.3 is 0 Å². The monoisotopic (exact) mass is 291 g/mol. The molecule has 0 saturated carbocycles. The Morgan fingerprint density at radius 2 is 2.24 bits per heavy atom. The fraction of sp³-hybridized carbons (Fsp3) is 0.706. The van der Waals surface area contributed by atoms with Gasteiger partial charge in [-0.2, -0.15) is 0 Å². The van der Waals surface area contributed by atoms with Gasteiger partial charge in [-0.05, 0) is 30.4 Å². The Bertz CT molecular complexity index is 410. The van der Waals surface area contributed by atoms with Gasteiger partial charge < -0.3 is 10.4 Å². The van der Waals surface area contributed by atoms with Gasteiger partial charge in [0, 0.05) is 38.4 Å². The Labute approximate surface area is 128 Å². The Kier molecular flexibility index (Phi) is 6.15. The van der Waals surface area contributed by atoms with Crippen LogP contribution < -0.4 is 5.32 Å². The van der Waals surface area contributed by atoms with Crippen molar-refractivity contribution in [2.45, 2.75) is 45.9 Å². The summed E-state index contributed by atoms with van der Waals surface area (Å²) in [6.07, 6.45) is 2.75. The van der Waals surface area contributed by atoms with Crippen molar-refractivity contribution in [1.82, 2.24) is 15.2 Å². The van der Waals surface area contributed by atoms with Crippen LogP contribution in [0.1, 0.15) is 32.9 Å². The number of nitrogens with zero attached hydrogens (tertiary/aromatic N) is 2. The van der Waals surface area contributed by atoms with Crippen LogP contribution in [0.2, 0.25) is 0 Å². The molecule has 0 aliphatic carbocycles. The molecule has 4 heteroatoms. The van der Waals surface area contributed by atoms with Crippen molar-refractivity contribution in [2.24, 2.45) is 11.8 Å². The van der Waals surface area contributed by atoms with Crippen LogP contribution in [-0.4, -0.2) is 46.8 Å². The van der Waals surface area contributed by atoms with Gasteiger partial charge in [0.25, 0.3) is 0 Å². The summed E-state index contributed by atoms with van der Waals surface area (Å²) in [6.45, 7) is 10.2. The minimum Gasteiger partial charge on any atom is -0.392 e. The van der Waals surface area contributed by atoms with E-state index in [1.54, 1.807) is 0 Å². The minimum absolute atomic E-state index is 0.247. The number of pyridine rings is 1. The molecular formula is C17H29N3O. The van der Waals surface area contributed by atoms with Crippen molar-refractivity contribution < 1.29 is 5.11 Å². The molecule has 1 saturated heterocycles. The van der Waals surface area contributed by atoms with Crippen LogP contribution >= 0.6 is 0 Å². The van der Waals surface area contributed by atoms with Crippen LogP contribution in [0, 0.1) is 11.8 Å². The Hall–Kier alpha value is -0.970. The van der Waals surface area contributed by atoms with Crippen molar-refractivity contribution in [3.05, 3.63) is 30.1 Å². The summed E-state index contributed by atoms with van der Waals surface area (Å²) in [5, 5.41) is 13.5. The molecule has 2 rings (SSSR count). The average Bonchev–Trinajstić information content (AvgIpc) is 2.47. The normalized spacial score (nSPS) is 25.2. The molecule has 4 nitrogen and oxygen atoms in total. The lowest BCUT2D eigenvalue weighted by atomic mass is 9.93. The Morgan fingerprint density at radius 3 is 2.86 bits per heavy atom. The molecule has 1 aromatic heterocycles. The number of rotatable bonds is 6. The molecule has 0 amide bonds. The molecule has 1 aliphatic heterocycles. The van der Waals surface area contributed by atoms with Gasteiger partial charge in [0.1, 0.15) is 0 Å². The molecule has 3 unspecified atom stereocenters. The van der Waals surface area contributed by atoms with Gasteiger partial charge in [-0.15, -0.1) is 0 Å². The quantitative estimate of drug-likeness (QED) is 0.840. The van der Waals surface area contributed by atoms with Gasteiger partial charge in [-0.3, -0.25) is 9.88 Å². The predicted molar refractivity (Wildman–Crippen MR) is 85.9 cm³/mol. The summed E-state index contributed by atoms with van der Waals surface area (Å²) in [5.74, 6) is 0.916. The van der Waals surface area contributed by atoms with Gasteiger partial charge in [0.05, 0.1) is 11.8 Å². The van der Waals surface area contributed by atoms with Crippen molar-refractivity contribution in [2.75, 3.05) is 19.6 Å². The lowest BCUT2D eigenvalue weighted by Crippen LogP contribution is -2.50. The zero-order valence-electron chi connectivity index (χ0n) is 13.5. The molecule has 1 aromatic rings. The van der Waals surface area contributed by atoms with E-state index in [0.29, 0.717) is 24.4 Å². The Balaban J connectivity index is 1.77. The van der Waals surface area contributed by atoms with Crippen molar-refractivity contribution in [3.63, 3.8) is 0 Å². The second-order valence-corrected chi connectivity index (χ2v) is 6.65. The van der Waals surface area contributed by atoms with Gasteiger partial charge in [0.2, 0.25) is 0 Å². The third-order valence-corrected chi connectivity index (χ3v) is 4.46. The van der Waals surface area contributed by atoms with E-state index in [9.17, 15) is 5.11 Å². The summed E-state index contributed by atoms with van der Waals surface area (Å²) in [4.78, 5) is 6.88. The smallest absolute Gasteiger partial charge is 0.0687 e. The molecule has 2 N–H and O–H groups in total.